The molecule has 1 unspecified atom stereocenters. The summed E-state index contributed by atoms with van der Waals surface area (Å²) in [5.41, 5.74) is 1.67. The molecule has 1 aromatic carbocycles. The maximum absolute atomic E-state index is 12.0. The Hall–Kier alpha value is -0.680. The van der Waals surface area contributed by atoms with Gasteiger partial charge >= 0.3 is 0 Å². The van der Waals surface area contributed by atoms with Gasteiger partial charge in [-0.05, 0) is 25.2 Å². The van der Waals surface area contributed by atoms with Crippen molar-refractivity contribution in [3.05, 3.63) is 23.2 Å². The number of carbonyl (C=O) groups excluding carboxylic acids is 1. The van der Waals surface area contributed by atoms with Crippen LogP contribution in [-0.2, 0) is 4.79 Å². The summed E-state index contributed by atoms with van der Waals surface area (Å²) in [6, 6.07) is 5.46. The molecule has 0 aliphatic carbocycles. The second-order valence-electron chi connectivity index (χ2n) is 4.50. The summed E-state index contributed by atoms with van der Waals surface area (Å²) < 4.78 is 0. The van der Waals surface area contributed by atoms with Crippen LogP contribution in [0.4, 0.5) is 11.4 Å². The fourth-order valence-corrected chi connectivity index (χ4v) is 1.83. The molecular formula is C13H22Cl3N3O. The highest BCUT2D eigenvalue weighted by molar-refractivity contribution is 6.31. The number of benzene rings is 1. The minimum Gasteiger partial charge on any atom is -0.376 e. The van der Waals surface area contributed by atoms with Gasteiger partial charge < -0.3 is 15.5 Å². The quantitative estimate of drug-likeness (QED) is 0.864. The molecule has 0 spiro atoms. The Morgan fingerprint density at radius 2 is 1.95 bits per heavy atom. The van der Waals surface area contributed by atoms with Crippen LogP contribution in [0.15, 0.2) is 18.2 Å². The minimum atomic E-state index is -0.0935. The summed E-state index contributed by atoms with van der Waals surface area (Å²) in [5, 5.41) is 6.51. The number of amides is 1. The van der Waals surface area contributed by atoms with Gasteiger partial charge in [-0.1, -0.05) is 18.5 Å². The monoisotopic (exact) mass is 341 g/mol. The first-order valence-corrected chi connectivity index (χ1v) is 6.25. The van der Waals surface area contributed by atoms with Gasteiger partial charge in [0.05, 0.1) is 11.4 Å². The van der Waals surface area contributed by atoms with Crippen molar-refractivity contribution in [1.82, 2.24) is 5.32 Å². The molecule has 20 heavy (non-hydrogen) atoms. The molecule has 4 nitrogen and oxygen atoms in total. The van der Waals surface area contributed by atoms with Crippen LogP contribution in [0.5, 0.6) is 0 Å². The van der Waals surface area contributed by atoms with Crippen molar-refractivity contribution in [3.8, 4) is 0 Å². The van der Waals surface area contributed by atoms with Crippen LogP contribution in [-0.4, -0.2) is 33.6 Å². The Morgan fingerprint density at radius 3 is 2.45 bits per heavy atom. The van der Waals surface area contributed by atoms with Gasteiger partial charge in [0.25, 0.3) is 0 Å². The lowest BCUT2D eigenvalue weighted by Gasteiger charge is -2.19. The highest BCUT2D eigenvalue weighted by Crippen LogP contribution is 2.28. The number of nitrogens with one attached hydrogen (secondary N) is 2. The predicted molar refractivity (Wildman–Crippen MR) is 92.0 cm³/mol. The van der Waals surface area contributed by atoms with E-state index in [1.165, 1.54) is 0 Å². The molecule has 0 bridgehead atoms. The van der Waals surface area contributed by atoms with E-state index in [2.05, 4.69) is 10.6 Å². The van der Waals surface area contributed by atoms with Crippen LogP contribution < -0.4 is 15.5 Å². The fraction of sp³-hybridized carbons (Fsp3) is 0.462. The van der Waals surface area contributed by atoms with E-state index in [1.807, 2.05) is 45.1 Å². The Labute approximate surface area is 138 Å². The Morgan fingerprint density at radius 1 is 1.35 bits per heavy atom. The first kappa shape index (κ1) is 21.6. The molecule has 1 rings (SSSR count). The van der Waals surface area contributed by atoms with Crippen LogP contribution in [0, 0.1) is 5.92 Å². The Bertz CT molecular complexity index is 427. The van der Waals surface area contributed by atoms with Gasteiger partial charge in [0.1, 0.15) is 0 Å². The van der Waals surface area contributed by atoms with Crippen LogP contribution in [0.2, 0.25) is 5.02 Å². The molecule has 1 atom stereocenters. The second-order valence-corrected chi connectivity index (χ2v) is 4.94. The predicted octanol–water partition coefficient (Wildman–Crippen LogP) is 3.04. The number of carbonyl (C=O) groups is 1. The van der Waals surface area contributed by atoms with E-state index >= 15 is 0 Å². The molecule has 0 heterocycles. The summed E-state index contributed by atoms with van der Waals surface area (Å²) in [6.45, 7) is 2.52. The molecule has 0 aliphatic heterocycles. The molecule has 0 saturated heterocycles. The van der Waals surface area contributed by atoms with Gasteiger partial charge in [-0.2, -0.15) is 0 Å². The lowest BCUT2D eigenvalue weighted by atomic mass is 10.1. The lowest BCUT2D eigenvalue weighted by molar-refractivity contribution is -0.119. The van der Waals surface area contributed by atoms with E-state index in [9.17, 15) is 4.79 Å². The smallest absolute Gasteiger partial charge is 0.228 e. The third kappa shape index (κ3) is 6.18. The van der Waals surface area contributed by atoms with Crippen molar-refractivity contribution >= 4 is 53.7 Å². The molecule has 0 fully saturated rings. The van der Waals surface area contributed by atoms with E-state index < -0.39 is 0 Å². The zero-order chi connectivity index (χ0) is 13.7. The van der Waals surface area contributed by atoms with Gasteiger partial charge in [-0.25, -0.2) is 0 Å². The molecular weight excluding hydrogens is 321 g/mol. The first-order chi connectivity index (χ1) is 8.45. The Kier molecular flexibility index (Phi) is 10.9. The van der Waals surface area contributed by atoms with Crippen molar-refractivity contribution in [2.24, 2.45) is 5.92 Å². The zero-order valence-corrected chi connectivity index (χ0v) is 14.5. The van der Waals surface area contributed by atoms with Crippen molar-refractivity contribution in [2.45, 2.75) is 6.92 Å². The summed E-state index contributed by atoms with van der Waals surface area (Å²) in [7, 11) is 5.68. The number of anilines is 2. The average molecular weight is 343 g/mol. The average Bonchev–Trinajstić information content (AvgIpc) is 2.28. The summed E-state index contributed by atoms with van der Waals surface area (Å²) in [5.74, 6) is -0.112. The van der Waals surface area contributed by atoms with Crippen LogP contribution in [0.1, 0.15) is 6.92 Å². The summed E-state index contributed by atoms with van der Waals surface area (Å²) >= 11 is 5.96. The molecule has 7 heteroatoms. The molecule has 2 N–H and O–H groups in total. The van der Waals surface area contributed by atoms with E-state index in [4.69, 9.17) is 11.6 Å². The van der Waals surface area contributed by atoms with Crippen LogP contribution >= 0.6 is 36.4 Å². The highest BCUT2D eigenvalue weighted by Gasteiger charge is 2.14. The number of nitrogens with zero attached hydrogens (tertiary/aromatic N) is 1. The number of hydrogen-bond donors (Lipinski definition) is 2. The van der Waals surface area contributed by atoms with Crippen molar-refractivity contribution < 1.29 is 4.79 Å². The van der Waals surface area contributed by atoms with E-state index in [1.54, 1.807) is 6.07 Å². The van der Waals surface area contributed by atoms with Crippen molar-refractivity contribution in [3.63, 3.8) is 0 Å². The minimum absolute atomic E-state index is 0. The van der Waals surface area contributed by atoms with Crippen LogP contribution in [0.3, 0.4) is 0 Å². The zero-order valence-electron chi connectivity index (χ0n) is 12.1. The molecule has 0 aromatic heterocycles. The van der Waals surface area contributed by atoms with Gasteiger partial charge in [-0.3, -0.25) is 4.79 Å². The SMILES string of the molecule is CNCC(C)C(=O)Nc1cc(Cl)ccc1N(C)C.Cl.Cl. The van der Waals surface area contributed by atoms with Gasteiger partial charge in [-0.15, -0.1) is 24.8 Å². The molecule has 1 amide bonds. The normalized spacial score (nSPS) is 10.8. The van der Waals surface area contributed by atoms with Gasteiger partial charge in [0.15, 0.2) is 0 Å². The molecule has 1 aromatic rings. The van der Waals surface area contributed by atoms with Crippen molar-refractivity contribution in [1.29, 1.82) is 0 Å². The van der Waals surface area contributed by atoms with E-state index in [-0.39, 0.29) is 36.6 Å². The standard InChI is InChI=1S/C13H20ClN3O.2ClH/c1-9(8-15-2)13(18)16-11-7-10(14)5-6-12(11)17(3)4;;/h5-7,9,15H,8H2,1-4H3,(H,16,18);2*1H. The summed E-state index contributed by atoms with van der Waals surface area (Å²) in [4.78, 5) is 13.9. The third-order valence-electron chi connectivity index (χ3n) is 2.66. The second kappa shape index (κ2) is 10.1. The lowest BCUT2D eigenvalue weighted by Crippen LogP contribution is -2.29. The largest absolute Gasteiger partial charge is 0.376 e. The van der Waals surface area contributed by atoms with E-state index in [0.29, 0.717) is 11.6 Å². The number of hydrogen-bond acceptors (Lipinski definition) is 3. The number of halogens is 3. The van der Waals surface area contributed by atoms with E-state index in [0.717, 1.165) is 11.4 Å². The first-order valence-electron chi connectivity index (χ1n) is 5.88. The third-order valence-corrected chi connectivity index (χ3v) is 2.89. The molecule has 0 saturated carbocycles. The maximum Gasteiger partial charge on any atom is 0.228 e. The topological polar surface area (TPSA) is 44.4 Å². The summed E-state index contributed by atoms with van der Waals surface area (Å²) in [6.07, 6.45) is 0. The molecule has 116 valence electrons. The van der Waals surface area contributed by atoms with Gasteiger partial charge in [0.2, 0.25) is 5.91 Å². The maximum atomic E-state index is 12.0. The molecule has 0 radical (unpaired) electrons. The number of rotatable bonds is 5. The van der Waals surface area contributed by atoms with Crippen molar-refractivity contribution in [2.75, 3.05) is 37.9 Å². The Balaban J connectivity index is 0. The van der Waals surface area contributed by atoms with Gasteiger partial charge in [0, 0.05) is 31.6 Å². The molecule has 0 aliphatic rings. The fourth-order valence-electron chi connectivity index (χ4n) is 1.65. The van der Waals surface area contributed by atoms with Crippen LogP contribution in [0.25, 0.3) is 0 Å². The highest BCUT2D eigenvalue weighted by atomic mass is 35.5.